The molecule has 0 bridgehead atoms. The second-order valence-electron chi connectivity index (χ2n) is 4.98. The lowest BCUT2D eigenvalue weighted by atomic mass is 10.0. The van der Waals surface area contributed by atoms with Crippen LogP contribution in [0.15, 0.2) is 54.9 Å². The third-order valence-electron chi connectivity index (χ3n) is 3.47. The van der Waals surface area contributed by atoms with Gasteiger partial charge < -0.3 is 5.11 Å². The molecule has 3 aromatic rings. The largest absolute Gasteiger partial charge is 0.478 e. The molecule has 0 aliphatic carbocycles. The first kappa shape index (κ1) is 14.4. The highest BCUT2D eigenvalue weighted by molar-refractivity contribution is 6.30. The fraction of sp³-hybridized carbons (Fsp3) is 0.0588. The molecule has 3 rings (SSSR count). The van der Waals surface area contributed by atoms with E-state index in [0.29, 0.717) is 5.02 Å². The molecule has 2 aromatic carbocycles. The van der Waals surface area contributed by atoms with Crippen LogP contribution < -0.4 is 0 Å². The Balaban J connectivity index is 2.02. The molecule has 110 valence electrons. The maximum atomic E-state index is 11.1. The first-order valence-corrected chi connectivity index (χ1v) is 7.07. The number of hydrogen-bond donors (Lipinski definition) is 1. The summed E-state index contributed by atoms with van der Waals surface area (Å²) in [6.07, 6.45) is 3.60. The van der Waals surface area contributed by atoms with E-state index in [1.54, 1.807) is 41.2 Å². The van der Waals surface area contributed by atoms with Crippen LogP contribution in [0.2, 0.25) is 5.02 Å². The van der Waals surface area contributed by atoms with Gasteiger partial charge in [-0.15, -0.1) is 0 Å². The normalized spacial score (nSPS) is 10.6. The highest BCUT2D eigenvalue weighted by atomic mass is 35.5. The molecule has 0 saturated heterocycles. The van der Waals surface area contributed by atoms with Crippen LogP contribution in [-0.2, 0) is 0 Å². The molecule has 4 nitrogen and oxygen atoms in total. The monoisotopic (exact) mass is 312 g/mol. The van der Waals surface area contributed by atoms with E-state index in [0.717, 1.165) is 22.4 Å². The Morgan fingerprint density at radius 1 is 1.18 bits per heavy atom. The van der Waals surface area contributed by atoms with Crippen LogP contribution in [-0.4, -0.2) is 20.9 Å². The predicted molar refractivity (Wildman–Crippen MR) is 85.7 cm³/mol. The summed E-state index contributed by atoms with van der Waals surface area (Å²) < 4.78 is 1.73. The van der Waals surface area contributed by atoms with E-state index in [1.807, 2.05) is 25.3 Å². The van der Waals surface area contributed by atoms with Gasteiger partial charge in [-0.1, -0.05) is 17.7 Å². The summed E-state index contributed by atoms with van der Waals surface area (Å²) >= 11 is 5.88. The maximum Gasteiger partial charge on any atom is 0.335 e. The molecular weight excluding hydrogens is 300 g/mol. The van der Waals surface area contributed by atoms with Gasteiger partial charge in [0.05, 0.1) is 17.4 Å². The van der Waals surface area contributed by atoms with Crippen molar-refractivity contribution < 1.29 is 9.90 Å². The van der Waals surface area contributed by atoms with Crippen molar-refractivity contribution in [2.75, 3.05) is 0 Å². The quantitative estimate of drug-likeness (QED) is 0.788. The van der Waals surface area contributed by atoms with Crippen molar-refractivity contribution in [1.29, 1.82) is 0 Å². The standard InChI is InChI=1S/C17H13ClN2O2/c1-11-2-3-12(17(21)22)8-16(11)13-9-19-20(10-13)15-6-4-14(18)5-7-15/h2-10H,1H3,(H,21,22). The smallest absolute Gasteiger partial charge is 0.335 e. The van der Waals surface area contributed by atoms with Crippen LogP contribution in [0.5, 0.6) is 0 Å². The molecule has 0 unspecified atom stereocenters. The third kappa shape index (κ3) is 2.73. The summed E-state index contributed by atoms with van der Waals surface area (Å²) in [6, 6.07) is 12.4. The molecule has 0 aliphatic heterocycles. The van der Waals surface area contributed by atoms with Gasteiger partial charge in [0, 0.05) is 16.8 Å². The number of carboxylic acids is 1. The van der Waals surface area contributed by atoms with Gasteiger partial charge in [0.1, 0.15) is 0 Å². The Kier molecular flexibility index (Phi) is 3.69. The van der Waals surface area contributed by atoms with Gasteiger partial charge in [-0.2, -0.15) is 5.10 Å². The number of nitrogens with zero attached hydrogens (tertiary/aromatic N) is 2. The van der Waals surface area contributed by atoms with E-state index in [1.165, 1.54) is 0 Å². The van der Waals surface area contributed by atoms with Crippen molar-refractivity contribution in [2.45, 2.75) is 6.92 Å². The molecular formula is C17H13ClN2O2. The lowest BCUT2D eigenvalue weighted by Crippen LogP contribution is -1.97. The number of aryl methyl sites for hydroxylation is 1. The minimum atomic E-state index is -0.939. The van der Waals surface area contributed by atoms with Crippen molar-refractivity contribution in [3.05, 3.63) is 71.0 Å². The van der Waals surface area contributed by atoms with E-state index in [-0.39, 0.29) is 5.56 Å². The second kappa shape index (κ2) is 5.66. The Labute approximate surface area is 132 Å². The third-order valence-corrected chi connectivity index (χ3v) is 3.72. The van der Waals surface area contributed by atoms with E-state index in [4.69, 9.17) is 16.7 Å². The second-order valence-corrected chi connectivity index (χ2v) is 5.42. The zero-order valence-corrected chi connectivity index (χ0v) is 12.6. The van der Waals surface area contributed by atoms with E-state index < -0.39 is 5.97 Å². The van der Waals surface area contributed by atoms with E-state index in [9.17, 15) is 4.79 Å². The summed E-state index contributed by atoms with van der Waals surface area (Å²) in [5, 5.41) is 14.1. The van der Waals surface area contributed by atoms with Crippen molar-refractivity contribution in [1.82, 2.24) is 9.78 Å². The fourth-order valence-corrected chi connectivity index (χ4v) is 2.39. The van der Waals surface area contributed by atoms with Crippen LogP contribution in [0.1, 0.15) is 15.9 Å². The van der Waals surface area contributed by atoms with Crippen LogP contribution in [0.4, 0.5) is 0 Å². The zero-order valence-electron chi connectivity index (χ0n) is 11.8. The Morgan fingerprint density at radius 3 is 2.59 bits per heavy atom. The molecule has 0 atom stereocenters. The molecule has 0 aliphatic rings. The molecule has 0 spiro atoms. The molecule has 1 N–H and O–H groups in total. The van der Waals surface area contributed by atoms with Gasteiger partial charge in [0.25, 0.3) is 0 Å². The summed E-state index contributed by atoms with van der Waals surface area (Å²) in [7, 11) is 0. The molecule has 22 heavy (non-hydrogen) atoms. The van der Waals surface area contributed by atoms with E-state index in [2.05, 4.69) is 5.10 Å². The molecule has 0 radical (unpaired) electrons. The van der Waals surface area contributed by atoms with Crippen molar-refractivity contribution in [3.8, 4) is 16.8 Å². The molecule has 5 heteroatoms. The Morgan fingerprint density at radius 2 is 1.91 bits per heavy atom. The number of benzene rings is 2. The van der Waals surface area contributed by atoms with Crippen molar-refractivity contribution >= 4 is 17.6 Å². The van der Waals surface area contributed by atoms with E-state index >= 15 is 0 Å². The number of halogens is 1. The SMILES string of the molecule is Cc1ccc(C(=O)O)cc1-c1cnn(-c2ccc(Cl)cc2)c1. The summed E-state index contributed by atoms with van der Waals surface area (Å²) in [5.74, 6) is -0.939. The summed E-state index contributed by atoms with van der Waals surface area (Å²) in [4.78, 5) is 11.1. The van der Waals surface area contributed by atoms with Crippen LogP contribution in [0.3, 0.4) is 0 Å². The predicted octanol–water partition coefficient (Wildman–Crippen LogP) is 4.20. The fourth-order valence-electron chi connectivity index (χ4n) is 2.26. The number of rotatable bonds is 3. The Hall–Kier alpha value is -2.59. The topological polar surface area (TPSA) is 55.1 Å². The van der Waals surface area contributed by atoms with Crippen molar-refractivity contribution in [2.24, 2.45) is 0 Å². The zero-order chi connectivity index (χ0) is 15.7. The summed E-state index contributed by atoms with van der Waals surface area (Å²) in [5.41, 5.74) is 3.89. The van der Waals surface area contributed by atoms with Gasteiger partial charge in [0.2, 0.25) is 0 Å². The number of carboxylic acid groups (broad SMARTS) is 1. The van der Waals surface area contributed by atoms with Gasteiger partial charge in [-0.25, -0.2) is 9.48 Å². The lowest BCUT2D eigenvalue weighted by molar-refractivity contribution is 0.0697. The number of hydrogen-bond acceptors (Lipinski definition) is 2. The summed E-state index contributed by atoms with van der Waals surface area (Å²) in [6.45, 7) is 1.95. The average molecular weight is 313 g/mol. The van der Waals surface area contributed by atoms with Crippen LogP contribution in [0, 0.1) is 6.92 Å². The molecule has 1 heterocycles. The molecule has 0 fully saturated rings. The Bertz CT molecular complexity index is 838. The van der Waals surface area contributed by atoms with Gasteiger partial charge in [-0.05, 0) is 54.4 Å². The first-order chi connectivity index (χ1) is 10.5. The van der Waals surface area contributed by atoms with Gasteiger partial charge >= 0.3 is 5.97 Å². The lowest BCUT2D eigenvalue weighted by Gasteiger charge is -2.05. The number of aromatic nitrogens is 2. The van der Waals surface area contributed by atoms with Crippen molar-refractivity contribution in [3.63, 3.8) is 0 Å². The van der Waals surface area contributed by atoms with Crippen LogP contribution in [0.25, 0.3) is 16.8 Å². The molecule has 0 amide bonds. The maximum absolute atomic E-state index is 11.1. The average Bonchev–Trinajstić information content (AvgIpc) is 2.98. The molecule has 0 saturated carbocycles. The number of aromatic carboxylic acids is 1. The minimum absolute atomic E-state index is 0.264. The minimum Gasteiger partial charge on any atom is -0.478 e. The number of carbonyl (C=O) groups is 1. The molecule has 1 aromatic heterocycles. The first-order valence-electron chi connectivity index (χ1n) is 6.69. The van der Waals surface area contributed by atoms with Gasteiger partial charge in [-0.3, -0.25) is 0 Å². The van der Waals surface area contributed by atoms with Gasteiger partial charge in [0.15, 0.2) is 0 Å². The van der Waals surface area contributed by atoms with Crippen LogP contribution >= 0.6 is 11.6 Å². The highest BCUT2D eigenvalue weighted by Gasteiger charge is 2.10. The highest BCUT2D eigenvalue weighted by Crippen LogP contribution is 2.25.